The summed E-state index contributed by atoms with van der Waals surface area (Å²) >= 11 is 2.11. The highest BCUT2D eigenvalue weighted by molar-refractivity contribution is 14.1. The predicted molar refractivity (Wildman–Crippen MR) is 103 cm³/mol. The number of carbonyl (C=O) groups is 3. The number of halogens is 1. The van der Waals surface area contributed by atoms with E-state index >= 15 is 0 Å². The molecule has 1 heterocycles. The number of hydrogen-bond donors (Lipinski definition) is 1. The number of anilines is 1. The smallest absolute Gasteiger partial charge is 0.338 e. The van der Waals surface area contributed by atoms with E-state index in [2.05, 4.69) is 33.1 Å². The summed E-state index contributed by atoms with van der Waals surface area (Å²) in [7, 11) is 1.29. The molecular formula is C17H15IN4O4. The largest absolute Gasteiger partial charge is 0.461 e. The first-order chi connectivity index (χ1) is 12.4. The Morgan fingerprint density at radius 1 is 1.31 bits per heavy atom. The van der Waals surface area contributed by atoms with Gasteiger partial charge in [-0.15, -0.1) is 0 Å². The van der Waals surface area contributed by atoms with Crippen LogP contribution in [0.3, 0.4) is 0 Å². The zero-order valence-corrected chi connectivity index (χ0v) is 16.2. The van der Waals surface area contributed by atoms with Crippen LogP contribution >= 0.6 is 22.6 Å². The maximum atomic E-state index is 12.2. The molecule has 1 N–H and O–H groups in total. The van der Waals surface area contributed by atoms with Gasteiger partial charge in [0.2, 0.25) is 0 Å². The number of nitrogens with zero attached hydrogens (tertiary/aromatic N) is 3. The van der Waals surface area contributed by atoms with E-state index < -0.39 is 17.8 Å². The molecule has 0 unspecified atom stereocenters. The Bertz CT molecular complexity index is 853. The number of alkyl halides is 1. The lowest BCUT2D eigenvalue weighted by Crippen LogP contribution is -2.44. The Labute approximate surface area is 163 Å². The summed E-state index contributed by atoms with van der Waals surface area (Å²) in [5.74, 6) is -1.67. The fourth-order valence-corrected chi connectivity index (χ4v) is 2.36. The molecule has 0 radical (unpaired) electrons. The molecule has 26 heavy (non-hydrogen) atoms. The number of rotatable bonds is 5. The molecule has 0 fully saturated rings. The fraction of sp³-hybridized carbons (Fsp3) is 0.235. The summed E-state index contributed by atoms with van der Waals surface area (Å²) in [4.78, 5) is 36.7. The number of hydrazone groups is 1. The van der Waals surface area contributed by atoms with Crippen LogP contribution in [0.1, 0.15) is 17.3 Å². The highest BCUT2D eigenvalue weighted by Gasteiger charge is 2.34. The Morgan fingerprint density at radius 2 is 1.96 bits per heavy atom. The third-order valence-corrected chi connectivity index (χ3v) is 4.04. The van der Waals surface area contributed by atoms with Crippen molar-refractivity contribution in [1.82, 2.24) is 4.90 Å². The van der Waals surface area contributed by atoms with Crippen LogP contribution < -0.4 is 5.43 Å². The minimum absolute atomic E-state index is 0.0193. The summed E-state index contributed by atoms with van der Waals surface area (Å²) in [5.41, 5.74) is 3.70. The van der Waals surface area contributed by atoms with Gasteiger partial charge in [-0.3, -0.25) is 19.9 Å². The summed E-state index contributed by atoms with van der Waals surface area (Å²) in [6, 6.07) is 8.15. The average Bonchev–Trinajstić information content (AvgIpc) is 2.65. The van der Waals surface area contributed by atoms with Gasteiger partial charge in [0.25, 0.3) is 11.8 Å². The van der Waals surface area contributed by atoms with E-state index in [-0.39, 0.29) is 16.9 Å². The molecule has 1 aromatic rings. The molecule has 2 amide bonds. The van der Waals surface area contributed by atoms with Crippen LogP contribution in [0, 0.1) is 11.3 Å². The number of carbonyl (C=O) groups excluding carboxylic acids is 3. The van der Waals surface area contributed by atoms with Gasteiger partial charge in [0, 0.05) is 17.0 Å². The van der Waals surface area contributed by atoms with Gasteiger partial charge < -0.3 is 4.74 Å². The molecule has 1 aliphatic heterocycles. The SMILES string of the molecule is CC1=C(C#N)C(=O)N(C)C(=O)/C1=N\Nc1ccc(C(=O)OCCI)cc1. The quantitative estimate of drug-likeness (QED) is 0.233. The van der Waals surface area contributed by atoms with Crippen LogP contribution in [0.15, 0.2) is 40.5 Å². The van der Waals surface area contributed by atoms with Crippen molar-refractivity contribution in [1.29, 1.82) is 5.26 Å². The number of hydrogen-bond acceptors (Lipinski definition) is 7. The highest BCUT2D eigenvalue weighted by atomic mass is 127. The summed E-state index contributed by atoms with van der Waals surface area (Å²) in [6.45, 7) is 1.84. The first-order valence-electron chi connectivity index (χ1n) is 7.51. The second-order valence-electron chi connectivity index (χ2n) is 5.26. The van der Waals surface area contributed by atoms with E-state index in [4.69, 9.17) is 10.00 Å². The second kappa shape index (κ2) is 8.57. The highest BCUT2D eigenvalue weighted by Crippen LogP contribution is 2.18. The molecule has 2 rings (SSSR count). The standard InChI is InChI=1S/C17H15IN4O4/c1-10-13(9-19)15(23)22(2)16(24)14(10)21-20-12-5-3-11(4-6-12)17(25)26-8-7-18/h3-6,20H,7-8H2,1-2H3/b21-14-. The average molecular weight is 466 g/mol. The normalized spacial score (nSPS) is 15.9. The van der Waals surface area contributed by atoms with Crippen molar-refractivity contribution in [3.63, 3.8) is 0 Å². The summed E-state index contributed by atoms with van der Waals surface area (Å²) < 4.78 is 5.74. The van der Waals surface area contributed by atoms with Crippen molar-refractivity contribution in [2.45, 2.75) is 6.92 Å². The Kier molecular flexibility index (Phi) is 6.46. The number of likely N-dealkylation sites (N-methyl/N-ethyl adjacent to an activating group) is 1. The van der Waals surface area contributed by atoms with E-state index in [1.165, 1.54) is 14.0 Å². The lowest BCUT2D eigenvalue weighted by Gasteiger charge is -2.22. The second-order valence-corrected chi connectivity index (χ2v) is 6.33. The Balaban J connectivity index is 2.20. The van der Waals surface area contributed by atoms with Crippen molar-refractivity contribution in [3.05, 3.63) is 41.0 Å². The van der Waals surface area contributed by atoms with Crippen LogP contribution in [0.2, 0.25) is 0 Å². The third kappa shape index (κ3) is 4.08. The molecule has 0 saturated heterocycles. The minimum Gasteiger partial charge on any atom is -0.461 e. The number of benzene rings is 1. The molecule has 1 aliphatic rings. The lowest BCUT2D eigenvalue weighted by molar-refractivity contribution is -0.136. The number of ether oxygens (including phenoxy) is 1. The number of imide groups is 1. The van der Waals surface area contributed by atoms with Crippen LogP contribution in [0.25, 0.3) is 0 Å². The van der Waals surface area contributed by atoms with E-state index in [0.29, 0.717) is 22.3 Å². The van der Waals surface area contributed by atoms with E-state index in [1.807, 2.05) is 0 Å². The molecule has 0 atom stereocenters. The molecule has 0 bridgehead atoms. The van der Waals surface area contributed by atoms with Crippen LogP contribution in [0.5, 0.6) is 0 Å². The first-order valence-corrected chi connectivity index (χ1v) is 9.03. The van der Waals surface area contributed by atoms with Gasteiger partial charge in [-0.05, 0) is 31.2 Å². The molecule has 0 saturated carbocycles. The van der Waals surface area contributed by atoms with Crippen molar-refractivity contribution < 1.29 is 19.1 Å². The molecule has 1 aromatic carbocycles. The molecular weight excluding hydrogens is 451 g/mol. The van der Waals surface area contributed by atoms with Gasteiger partial charge in [0.15, 0.2) is 5.71 Å². The summed E-state index contributed by atoms with van der Waals surface area (Å²) in [6.07, 6.45) is 0. The fourth-order valence-electron chi connectivity index (χ4n) is 2.14. The van der Waals surface area contributed by atoms with Crippen LogP contribution in [0.4, 0.5) is 5.69 Å². The van der Waals surface area contributed by atoms with Crippen LogP contribution in [-0.4, -0.2) is 46.5 Å². The van der Waals surface area contributed by atoms with Crippen molar-refractivity contribution in [2.75, 3.05) is 23.5 Å². The van der Waals surface area contributed by atoms with Gasteiger partial charge in [-0.1, -0.05) is 22.6 Å². The maximum absolute atomic E-state index is 12.2. The van der Waals surface area contributed by atoms with Gasteiger partial charge in [0.05, 0.1) is 11.3 Å². The number of nitriles is 1. The third-order valence-electron chi connectivity index (χ3n) is 3.60. The monoisotopic (exact) mass is 466 g/mol. The van der Waals surface area contributed by atoms with Gasteiger partial charge in [-0.2, -0.15) is 10.4 Å². The van der Waals surface area contributed by atoms with Crippen molar-refractivity contribution >= 4 is 51.8 Å². The number of esters is 1. The Hall–Kier alpha value is -2.74. The van der Waals surface area contributed by atoms with Gasteiger partial charge >= 0.3 is 5.97 Å². The Morgan fingerprint density at radius 3 is 2.54 bits per heavy atom. The first kappa shape index (κ1) is 19.6. The van der Waals surface area contributed by atoms with Gasteiger partial charge in [0.1, 0.15) is 18.2 Å². The van der Waals surface area contributed by atoms with E-state index in [1.54, 1.807) is 30.3 Å². The maximum Gasteiger partial charge on any atom is 0.338 e. The van der Waals surface area contributed by atoms with Gasteiger partial charge in [-0.25, -0.2) is 4.79 Å². The minimum atomic E-state index is -0.650. The van der Waals surface area contributed by atoms with Crippen molar-refractivity contribution in [2.24, 2.45) is 5.10 Å². The number of nitrogens with one attached hydrogen (secondary N) is 1. The summed E-state index contributed by atoms with van der Waals surface area (Å²) in [5, 5.41) is 13.1. The zero-order valence-electron chi connectivity index (χ0n) is 14.1. The van der Waals surface area contributed by atoms with E-state index in [9.17, 15) is 14.4 Å². The topological polar surface area (TPSA) is 112 Å². The molecule has 9 heteroatoms. The number of amides is 2. The lowest BCUT2D eigenvalue weighted by atomic mass is 10.00. The van der Waals surface area contributed by atoms with Crippen LogP contribution in [-0.2, 0) is 14.3 Å². The van der Waals surface area contributed by atoms with E-state index in [0.717, 1.165) is 4.90 Å². The van der Waals surface area contributed by atoms with Crippen molar-refractivity contribution in [3.8, 4) is 6.07 Å². The molecule has 0 aromatic heterocycles. The molecule has 134 valence electrons. The molecule has 0 spiro atoms. The predicted octanol–water partition coefficient (Wildman–Crippen LogP) is 1.88. The zero-order chi connectivity index (χ0) is 19.3. The molecule has 8 nitrogen and oxygen atoms in total. The molecule has 0 aliphatic carbocycles.